The van der Waals surface area contributed by atoms with E-state index in [2.05, 4.69) is 41.4 Å². The van der Waals surface area contributed by atoms with Crippen LogP contribution >= 0.6 is 11.3 Å². The first-order chi connectivity index (χ1) is 9.63. The van der Waals surface area contributed by atoms with Crippen molar-refractivity contribution in [3.8, 4) is 0 Å². The largest absolute Gasteiger partial charge is 0.311 e. The number of hydrogen-bond acceptors (Lipinski definition) is 4. The Kier molecular flexibility index (Phi) is 4.43. The lowest BCUT2D eigenvalue weighted by Crippen LogP contribution is -2.59. The highest BCUT2D eigenvalue weighted by Gasteiger charge is 2.37. The van der Waals surface area contributed by atoms with Gasteiger partial charge in [0.15, 0.2) is 0 Å². The summed E-state index contributed by atoms with van der Waals surface area (Å²) in [6, 6.07) is 1.42. The van der Waals surface area contributed by atoms with Crippen molar-refractivity contribution in [3.63, 3.8) is 0 Å². The SMILES string of the molecule is Cc1nc(CCN2CC(C3CC3)NCC2C(C)C)cs1. The zero-order valence-corrected chi connectivity index (χ0v) is 13.7. The molecule has 2 unspecified atom stereocenters. The molecule has 1 aliphatic carbocycles. The molecule has 1 saturated heterocycles. The van der Waals surface area contributed by atoms with Gasteiger partial charge in [0.1, 0.15) is 0 Å². The average Bonchev–Trinajstić information content (AvgIpc) is 3.19. The van der Waals surface area contributed by atoms with Crippen molar-refractivity contribution in [1.29, 1.82) is 0 Å². The summed E-state index contributed by atoms with van der Waals surface area (Å²) >= 11 is 1.77. The van der Waals surface area contributed by atoms with Gasteiger partial charge in [0.05, 0.1) is 10.7 Å². The second kappa shape index (κ2) is 6.12. The molecule has 2 heterocycles. The smallest absolute Gasteiger partial charge is 0.0897 e. The maximum atomic E-state index is 4.61. The molecule has 2 atom stereocenters. The summed E-state index contributed by atoms with van der Waals surface area (Å²) in [5.74, 6) is 1.67. The second-order valence-corrected chi connectivity index (χ2v) is 7.83. The molecule has 2 fully saturated rings. The summed E-state index contributed by atoms with van der Waals surface area (Å²) in [5.41, 5.74) is 1.27. The Balaban J connectivity index is 1.59. The van der Waals surface area contributed by atoms with Gasteiger partial charge in [0.2, 0.25) is 0 Å². The summed E-state index contributed by atoms with van der Waals surface area (Å²) in [6.07, 6.45) is 3.97. The number of aromatic nitrogens is 1. The Bertz CT molecular complexity index is 439. The quantitative estimate of drug-likeness (QED) is 0.905. The molecule has 0 amide bonds. The minimum absolute atomic E-state index is 0.685. The fourth-order valence-corrected chi connectivity index (χ4v) is 4.01. The van der Waals surface area contributed by atoms with Gasteiger partial charge in [-0.2, -0.15) is 0 Å². The van der Waals surface area contributed by atoms with Gasteiger partial charge in [-0.3, -0.25) is 4.90 Å². The van der Waals surface area contributed by atoms with Crippen molar-refractivity contribution in [3.05, 3.63) is 16.1 Å². The van der Waals surface area contributed by atoms with Gasteiger partial charge < -0.3 is 5.32 Å². The number of hydrogen-bond donors (Lipinski definition) is 1. The van der Waals surface area contributed by atoms with E-state index in [9.17, 15) is 0 Å². The van der Waals surface area contributed by atoms with Gasteiger partial charge >= 0.3 is 0 Å². The van der Waals surface area contributed by atoms with Crippen molar-refractivity contribution in [2.24, 2.45) is 11.8 Å². The predicted octanol–water partition coefficient (Wildman–Crippen LogP) is 2.70. The zero-order chi connectivity index (χ0) is 14.1. The molecular formula is C16H27N3S. The highest BCUT2D eigenvalue weighted by molar-refractivity contribution is 7.09. The molecule has 1 aromatic heterocycles. The third-order valence-electron chi connectivity index (χ3n) is 4.77. The number of nitrogens with zero attached hydrogens (tertiary/aromatic N) is 2. The van der Waals surface area contributed by atoms with Gasteiger partial charge in [0, 0.05) is 43.5 Å². The van der Waals surface area contributed by atoms with E-state index in [0.717, 1.165) is 37.4 Å². The van der Waals surface area contributed by atoms with Crippen molar-refractivity contribution >= 4 is 11.3 Å². The van der Waals surface area contributed by atoms with Gasteiger partial charge in [-0.15, -0.1) is 11.3 Å². The molecule has 3 nitrogen and oxygen atoms in total. The minimum Gasteiger partial charge on any atom is -0.311 e. The standard InChI is InChI=1S/C16H27N3S/c1-11(2)16-8-17-15(13-4-5-13)9-19(16)7-6-14-10-20-12(3)18-14/h10-11,13,15-17H,4-9H2,1-3H3. The van der Waals surface area contributed by atoms with Crippen LogP contribution in [0.2, 0.25) is 0 Å². The maximum Gasteiger partial charge on any atom is 0.0897 e. The van der Waals surface area contributed by atoms with Crippen LogP contribution in [0.4, 0.5) is 0 Å². The van der Waals surface area contributed by atoms with Crippen LogP contribution in [0.3, 0.4) is 0 Å². The minimum atomic E-state index is 0.685. The predicted molar refractivity (Wildman–Crippen MR) is 85.3 cm³/mol. The lowest BCUT2D eigenvalue weighted by Gasteiger charge is -2.42. The number of aryl methyl sites for hydroxylation is 1. The van der Waals surface area contributed by atoms with Gasteiger partial charge in [-0.05, 0) is 31.6 Å². The Morgan fingerprint density at radius 1 is 1.45 bits per heavy atom. The molecule has 112 valence electrons. The molecule has 1 aliphatic heterocycles. The third-order valence-corrected chi connectivity index (χ3v) is 5.59. The van der Waals surface area contributed by atoms with E-state index in [0.29, 0.717) is 6.04 Å². The molecule has 0 radical (unpaired) electrons. The summed E-state index contributed by atoms with van der Waals surface area (Å²) in [6.45, 7) is 10.4. The molecule has 1 N–H and O–H groups in total. The third kappa shape index (κ3) is 3.41. The zero-order valence-electron chi connectivity index (χ0n) is 12.9. The van der Waals surface area contributed by atoms with Crippen LogP contribution in [-0.2, 0) is 6.42 Å². The van der Waals surface area contributed by atoms with E-state index in [1.54, 1.807) is 11.3 Å². The fraction of sp³-hybridized carbons (Fsp3) is 0.812. The summed E-state index contributed by atoms with van der Waals surface area (Å²) in [5, 5.41) is 7.20. The highest BCUT2D eigenvalue weighted by Crippen LogP contribution is 2.34. The monoisotopic (exact) mass is 293 g/mol. The topological polar surface area (TPSA) is 28.2 Å². The number of thiazole rings is 1. The highest BCUT2D eigenvalue weighted by atomic mass is 32.1. The molecule has 0 bridgehead atoms. The lowest BCUT2D eigenvalue weighted by atomic mass is 9.96. The Hall–Kier alpha value is -0.450. The van der Waals surface area contributed by atoms with Crippen LogP contribution in [0.15, 0.2) is 5.38 Å². The van der Waals surface area contributed by atoms with E-state index >= 15 is 0 Å². The molecule has 4 heteroatoms. The van der Waals surface area contributed by atoms with E-state index in [4.69, 9.17) is 0 Å². The van der Waals surface area contributed by atoms with Gasteiger partial charge in [-0.25, -0.2) is 4.98 Å². The summed E-state index contributed by atoms with van der Waals surface area (Å²) in [4.78, 5) is 7.33. The molecule has 0 aromatic carbocycles. The van der Waals surface area contributed by atoms with Crippen LogP contribution < -0.4 is 5.32 Å². The van der Waals surface area contributed by atoms with E-state index < -0.39 is 0 Å². The van der Waals surface area contributed by atoms with E-state index in [-0.39, 0.29) is 0 Å². The molecule has 0 spiro atoms. The Labute approximate surface area is 126 Å². The molecule has 1 saturated carbocycles. The van der Waals surface area contributed by atoms with Crippen molar-refractivity contribution in [2.75, 3.05) is 19.6 Å². The first-order valence-electron chi connectivity index (χ1n) is 8.02. The number of rotatable bonds is 5. The Morgan fingerprint density at radius 2 is 2.25 bits per heavy atom. The maximum absolute atomic E-state index is 4.61. The Morgan fingerprint density at radius 3 is 2.85 bits per heavy atom. The van der Waals surface area contributed by atoms with Crippen molar-refractivity contribution < 1.29 is 0 Å². The molecule has 3 rings (SSSR count). The van der Waals surface area contributed by atoms with Crippen LogP contribution in [0.1, 0.15) is 37.4 Å². The van der Waals surface area contributed by atoms with Gasteiger partial charge in [0.25, 0.3) is 0 Å². The van der Waals surface area contributed by atoms with Crippen LogP contribution in [-0.4, -0.2) is 41.6 Å². The van der Waals surface area contributed by atoms with Crippen molar-refractivity contribution in [2.45, 2.75) is 52.1 Å². The van der Waals surface area contributed by atoms with Crippen LogP contribution in [0.25, 0.3) is 0 Å². The van der Waals surface area contributed by atoms with E-state index in [1.807, 2.05) is 0 Å². The number of nitrogens with one attached hydrogen (secondary N) is 1. The summed E-state index contributed by atoms with van der Waals surface area (Å²) in [7, 11) is 0. The van der Waals surface area contributed by atoms with Crippen LogP contribution in [0, 0.1) is 18.8 Å². The average molecular weight is 293 g/mol. The lowest BCUT2D eigenvalue weighted by molar-refractivity contribution is 0.0933. The molecular weight excluding hydrogens is 266 g/mol. The van der Waals surface area contributed by atoms with Crippen LogP contribution in [0.5, 0.6) is 0 Å². The normalized spacial score (nSPS) is 28.2. The molecule has 1 aromatic rings. The van der Waals surface area contributed by atoms with Gasteiger partial charge in [-0.1, -0.05) is 13.8 Å². The second-order valence-electron chi connectivity index (χ2n) is 6.77. The molecule has 2 aliphatic rings. The first-order valence-corrected chi connectivity index (χ1v) is 8.90. The molecule has 20 heavy (non-hydrogen) atoms. The summed E-state index contributed by atoms with van der Waals surface area (Å²) < 4.78 is 0. The van der Waals surface area contributed by atoms with Crippen molar-refractivity contribution in [1.82, 2.24) is 15.2 Å². The fourth-order valence-electron chi connectivity index (χ4n) is 3.36. The van der Waals surface area contributed by atoms with E-state index in [1.165, 1.54) is 30.1 Å². The first kappa shape index (κ1) is 14.5. The number of piperazine rings is 1.